The highest BCUT2D eigenvalue weighted by atomic mass is 16.3. The van der Waals surface area contributed by atoms with E-state index in [2.05, 4.69) is 15.1 Å². The maximum Gasteiger partial charge on any atom is 0.0585 e. The van der Waals surface area contributed by atoms with E-state index in [1.807, 2.05) is 0 Å². The standard InChI is InChI=1S/C17H33N3O/c21-14-16(18-15-4-5-15)6-11-19-12-7-17(8-13-19)20-9-2-1-3-10-20/h15-18,21H,1-14H2. The van der Waals surface area contributed by atoms with Crippen molar-refractivity contribution in [3.63, 3.8) is 0 Å². The summed E-state index contributed by atoms with van der Waals surface area (Å²) in [6.07, 6.45) is 10.7. The molecule has 122 valence electrons. The van der Waals surface area contributed by atoms with Crippen LogP contribution in [0.15, 0.2) is 0 Å². The average Bonchev–Trinajstić information content (AvgIpc) is 3.37. The van der Waals surface area contributed by atoms with Crippen LogP contribution in [0.3, 0.4) is 0 Å². The van der Waals surface area contributed by atoms with Crippen LogP contribution in [0.5, 0.6) is 0 Å². The summed E-state index contributed by atoms with van der Waals surface area (Å²) in [6, 6.07) is 1.86. The lowest BCUT2D eigenvalue weighted by Gasteiger charge is -2.40. The second-order valence-corrected chi connectivity index (χ2v) is 7.28. The van der Waals surface area contributed by atoms with Gasteiger partial charge in [0.1, 0.15) is 0 Å². The van der Waals surface area contributed by atoms with Gasteiger partial charge in [0.2, 0.25) is 0 Å². The third-order valence-electron chi connectivity index (χ3n) is 5.53. The maximum absolute atomic E-state index is 9.46. The molecule has 1 unspecified atom stereocenters. The van der Waals surface area contributed by atoms with Crippen molar-refractivity contribution < 1.29 is 5.11 Å². The van der Waals surface area contributed by atoms with E-state index in [0.717, 1.165) is 19.0 Å². The zero-order chi connectivity index (χ0) is 14.5. The Kier molecular flexibility index (Phi) is 5.92. The molecule has 0 bridgehead atoms. The van der Waals surface area contributed by atoms with Crippen LogP contribution in [0.2, 0.25) is 0 Å². The van der Waals surface area contributed by atoms with E-state index in [-0.39, 0.29) is 0 Å². The molecule has 3 aliphatic rings. The smallest absolute Gasteiger partial charge is 0.0585 e. The molecule has 0 amide bonds. The Balaban J connectivity index is 1.33. The predicted octanol–water partition coefficient (Wildman–Crippen LogP) is 1.44. The SMILES string of the molecule is OCC(CCN1CCC(N2CCCCC2)CC1)NC1CC1. The van der Waals surface area contributed by atoms with Crippen LogP contribution in [-0.4, -0.2) is 72.4 Å². The minimum absolute atomic E-state index is 0.292. The van der Waals surface area contributed by atoms with E-state index < -0.39 is 0 Å². The molecule has 1 aliphatic carbocycles. The topological polar surface area (TPSA) is 38.7 Å². The number of aliphatic hydroxyl groups excluding tert-OH is 1. The van der Waals surface area contributed by atoms with Gasteiger partial charge in [0.25, 0.3) is 0 Å². The molecular weight excluding hydrogens is 262 g/mol. The molecular formula is C17H33N3O. The number of hydrogen-bond acceptors (Lipinski definition) is 4. The number of aliphatic hydroxyl groups is 1. The van der Waals surface area contributed by atoms with Gasteiger partial charge in [-0.05, 0) is 77.7 Å². The number of piperidine rings is 2. The van der Waals surface area contributed by atoms with E-state index in [1.165, 1.54) is 71.1 Å². The Morgan fingerprint density at radius 1 is 0.952 bits per heavy atom. The van der Waals surface area contributed by atoms with E-state index in [0.29, 0.717) is 18.7 Å². The molecule has 2 aliphatic heterocycles. The first kappa shape index (κ1) is 15.7. The summed E-state index contributed by atoms with van der Waals surface area (Å²) in [5, 5.41) is 13.0. The van der Waals surface area contributed by atoms with Crippen molar-refractivity contribution in [3.8, 4) is 0 Å². The number of nitrogens with one attached hydrogen (secondary N) is 1. The van der Waals surface area contributed by atoms with Crippen LogP contribution in [-0.2, 0) is 0 Å². The van der Waals surface area contributed by atoms with Gasteiger partial charge >= 0.3 is 0 Å². The number of nitrogens with zero attached hydrogens (tertiary/aromatic N) is 2. The van der Waals surface area contributed by atoms with Gasteiger partial charge in [0.15, 0.2) is 0 Å². The summed E-state index contributed by atoms with van der Waals surface area (Å²) in [5.41, 5.74) is 0. The fraction of sp³-hybridized carbons (Fsp3) is 1.00. The Morgan fingerprint density at radius 3 is 2.29 bits per heavy atom. The van der Waals surface area contributed by atoms with Crippen molar-refractivity contribution >= 4 is 0 Å². The minimum atomic E-state index is 0.292. The molecule has 1 atom stereocenters. The quantitative estimate of drug-likeness (QED) is 0.745. The molecule has 0 spiro atoms. The molecule has 0 aromatic carbocycles. The monoisotopic (exact) mass is 295 g/mol. The molecule has 1 saturated carbocycles. The highest BCUT2D eigenvalue weighted by Gasteiger charge is 2.27. The lowest BCUT2D eigenvalue weighted by atomic mass is 9.99. The van der Waals surface area contributed by atoms with Gasteiger partial charge in [-0.1, -0.05) is 6.42 Å². The number of likely N-dealkylation sites (tertiary alicyclic amines) is 2. The summed E-state index contributed by atoms with van der Waals surface area (Å²) in [5.74, 6) is 0. The molecule has 2 saturated heterocycles. The van der Waals surface area contributed by atoms with Gasteiger partial charge in [-0.2, -0.15) is 0 Å². The molecule has 4 heteroatoms. The van der Waals surface area contributed by atoms with Gasteiger partial charge in [0, 0.05) is 18.1 Å². The summed E-state index contributed by atoms with van der Waals surface area (Å²) >= 11 is 0. The molecule has 0 aromatic heterocycles. The first-order valence-corrected chi connectivity index (χ1v) is 9.18. The molecule has 4 nitrogen and oxygen atoms in total. The molecule has 0 aromatic rings. The maximum atomic E-state index is 9.46. The predicted molar refractivity (Wildman–Crippen MR) is 86.5 cm³/mol. The van der Waals surface area contributed by atoms with Crippen LogP contribution in [0.1, 0.15) is 51.4 Å². The van der Waals surface area contributed by atoms with E-state index >= 15 is 0 Å². The van der Waals surface area contributed by atoms with E-state index in [4.69, 9.17) is 0 Å². The second kappa shape index (κ2) is 7.91. The van der Waals surface area contributed by atoms with Crippen molar-refractivity contribution in [1.82, 2.24) is 15.1 Å². The van der Waals surface area contributed by atoms with Crippen LogP contribution >= 0.6 is 0 Å². The Hall–Kier alpha value is -0.160. The highest BCUT2D eigenvalue weighted by Crippen LogP contribution is 2.22. The summed E-state index contributed by atoms with van der Waals surface area (Å²) in [4.78, 5) is 5.35. The Morgan fingerprint density at radius 2 is 1.67 bits per heavy atom. The van der Waals surface area contributed by atoms with Crippen LogP contribution in [0.4, 0.5) is 0 Å². The Bertz CT molecular complexity index is 294. The van der Waals surface area contributed by atoms with Gasteiger partial charge < -0.3 is 20.2 Å². The van der Waals surface area contributed by atoms with E-state index in [9.17, 15) is 5.11 Å². The van der Waals surface area contributed by atoms with Crippen molar-refractivity contribution in [2.45, 2.75) is 69.5 Å². The third kappa shape index (κ3) is 4.92. The summed E-state index contributed by atoms with van der Waals surface area (Å²) in [7, 11) is 0. The average molecular weight is 295 g/mol. The van der Waals surface area contributed by atoms with Gasteiger partial charge in [-0.25, -0.2) is 0 Å². The van der Waals surface area contributed by atoms with Crippen molar-refractivity contribution in [3.05, 3.63) is 0 Å². The lowest BCUT2D eigenvalue weighted by Crippen LogP contribution is -2.47. The van der Waals surface area contributed by atoms with Crippen LogP contribution < -0.4 is 5.32 Å². The largest absolute Gasteiger partial charge is 0.395 e. The van der Waals surface area contributed by atoms with Crippen LogP contribution in [0.25, 0.3) is 0 Å². The van der Waals surface area contributed by atoms with Gasteiger partial charge in [0.05, 0.1) is 6.61 Å². The number of hydrogen-bond donors (Lipinski definition) is 2. The first-order chi connectivity index (χ1) is 10.3. The van der Waals surface area contributed by atoms with Crippen LogP contribution in [0, 0.1) is 0 Å². The minimum Gasteiger partial charge on any atom is -0.395 e. The van der Waals surface area contributed by atoms with Crippen molar-refractivity contribution in [2.75, 3.05) is 39.3 Å². The Labute approximate surface area is 129 Å². The first-order valence-electron chi connectivity index (χ1n) is 9.18. The molecule has 0 radical (unpaired) electrons. The third-order valence-corrected chi connectivity index (χ3v) is 5.53. The van der Waals surface area contributed by atoms with Gasteiger partial charge in [-0.15, -0.1) is 0 Å². The fourth-order valence-corrected chi connectivity index (χ4v) is 3.94. The fourth-order valence-electron chi connectivity index (χ4n) is 3.94. The van der Waals surface area contributed by atoms with Crippen molar-refractivity contribution in [1.29, 1.82) is 0 Å². The normalized spacial score (nSPS) is 27.9. The van der Waals surface area contributed by atoms with Gasteiger partial charge in [-0.3, -0.25) is 0 Å². The zero-order valence-electron chi connectivity index (χ0n) is 13.5. The molecule has 21 heavy (non-hydrogen) atoms. The highest BCUT2D eigenvalue weighted by molar-refractivity contribution is 4.86. The number of rotatable bonds is 7. The zero-order valence-corrected chi connectivity index (χ0v) is 13.5. The summed E-state index contributed by atoms with van der Waals surface area (Å²) in [6.45, 7) is 6.62. The lowest BCUT2D eigenvalue weighted by molar-refractivity contribution is 0.0890. The summed E-state index contributed by atoms with van der Waals surface area (Å²) < 4.78 is 0. The van der Waals surface area contributed by atoms with E-state index in [1.54, 1.807) is 0 Å². The van der Waals surface area contributed by atoms with Crippen molar-refractivity contribution in [2.24, 2.45) is 0 Å². The molecule has 2 heterocycles. The molecule has 2 N–H and O–H groups in total. The molecule has 3 fully saturated rings. The second-order valence-electron chi connectivity index (χ2n) is 7.28. The molecule has 3 rings (SSSR count).